The third-order valence-corrected chi connectivity index (χ3v) is 5.51. The number of anilines is 1. The third kappa shape index (κ3) is 4.86. The van der Waals surface area contributed by atoms with E-state index in [9.17, 15) is 4.79 Å². The second kappa shape index (κ2) is 8.93. The zero-order chi connectivity index (χ0) is 21.1. The summed E-state index contributed by atoms with van der Waals surface area (Å²) in [6, 6.07) is 8.16. The van der Waals surface area contributed by atoms with E-state index in [1.165, 1.54) is 0 Å². The van der Waals surface area contributed by atoms with Crippen molar-refractivity contribution in [3.05, 3.63) is 42.9 Å². The number of pyridine rings is 1. The van der Waals surface area contributed by atoms with E-state index in [4.69, 9.17) is 4.74 Å². The van der Waals surface area contributed by atoms with Crippen LogP contribution in [-0.2, 0) is 16.6 Å². The molecule has 30 heavy (non-hydrogen) atoms. The van der Waals surface area contributed by atoms with Gasteiger partial charge >= 0.3 is 0 Å². The van der Waals surface area contributed by atoms with E-state index >= 15 is 0 Å². The van der Waals surface area contributed by atoms with Crippen LogP contribution in [0.5, 0.6) is 0 Å². The van der Waals surface area contributed by atoms with Gasteiger partial charge in [0.05, 0.1) is 24.8 Å². The lowest BCUT2D eigenvalue weighted by Crippen LogP contribution is -2.29. The van der Waals surface area contributed by atoms with Gasteiger partial charge in [0.2, 0.25) is 5.91 Å². The molecule has 1 amide bonds. The molecule has 0 radical (unpaired) electrons. The Bertz CT molecular complexity index is 1030. The van der Waals surface area contributed by atoms with Crippen molar-refractivity contribution >= 4 is 22.5 Å². The van der Waals surface area contributed by atoms with E-state index in [1.54, 1.807) is 4.68 Å². The maximum atomic E-state index is 12.7. The number of aromatic nitrogens is 3. The molecule has 7 heteroatoms. The monoisotopic (exact) mass is 407 g/mol. The van der Waals surface area contributed by atoms with Crippen LogP contribution >= 0.6 is 0 Å². The SMILES string of the molecule is CC(C)OCCN1CCC(C(=O)Nc2cc3cc(-c4cnn(C)c4)ccc3cn2)C1. The van der Waals surface area contributed by atoms with Crippen LogP contribution in [0.4, 0.5) is 5.82 Å². The highest BCUT2D eigenvalue weighted by molar-refractivity contribution is 5.95. The van der Waals surface area contributed by atoms with Crippen molar-refractivity contribution in [2.24, 2.45) is 13.0 Å². The molecule has 3 aromatic rings. The number of aryl methyl sites for hydroxylation is 1. The molecule has 1 fully saturated rings. The van der Waals surface area contributed by atoms with Crippen LogP contribution < -0.4 is 5.32 Å². The number of likely N-dealkylation sites (tertiary alicyclic amines) is 1. The number of carbonyl (C=O) groups is 1. The predicted molar refractivity (Wildman–Crippen MR) is 118 cm³/mol. The van der Waals surface area contributed by atoms with Gasteiger partial charge in [-0.05, 0) is 49.9 Å². The quantitative estimate of drug-likeness (QED) is 0.650. The number of nitrogens with zero attached hydrogens (tertiary/aromatic N) is 4. The molecular weight excluding hydrogens is 378 g/mol. The number of benzene rings is 1. The minimum absolute atomic E-state index is 0.0109. The highest BCUT2D eigenvalue weighted by Crippen LogP contribution is 2.25. The minimum Gasteiger partial charge on any atom is -0.377 e. The van der Waals surface area contributed by atoms with Crippen molar-refractivity contribution in [2.45, 2.75) is 26.4 Å². The highest BCUT2D eigenvalue weighted by Gasteiger charge is 2.28. The fourth-order valence-electron chi connectivity index (χ4n) is 3.85. The Morgan fingerprint density at radius 3 is 2.87 bits per heavy atom. The average Bonchev–Trinajstić information content (AvgIpc) is 3.36. The molecule has 1 atom stereocenters. The zero-order valence-corrected chi connectivity index (χ0v) is 17.8. The molecule has 0 bridgehead atoms. The number of carbonyl (C=O) groups excluding carboxylic acids is 1. The first-order valence-electron chi connectivity index (χ1n) is 10.5. The summed E-state index contributed by atoms with van der Waals surface area (Å²) in [6.45, 7) is 7.35. The number of fused-ring (bicyclic) bond motifs is 1. The first kappa shape index (κ1) is 20.5. The number of ether oxygens (including phenoxy) is 1. The van der Waals surface area contributed by atoms with Crippen LogP contribution in [0.25, 0.3) is 21.9 Å². The molecule has 0 saturated carbocycles. The van der Waals surface area contributed by atoms with E-state index in [1.807, 2.05) is 51.6 Å². The zero-order valence-electron chi connectivity index (χ0n) is 17.8. The molecular formula is C23H29N5O2. The number of nitrogens with one attached hydrogen (secondary N) is 1. The molecule has 158 valence electrons. The Balaban J connectivity index is 1.40. The number of amides is 1. The second-order valence-corrected chi connectivity index (χ2v) is 8.23. The van der Waals surface area contributed by atoms with E-state index in [-0.39, 0.29) is 17.9 Å². The molecule has 1 aliphatic rings. The molecule has 1 unspecified atom stereocenters. The van der Waals surface area contributed by atoms with Crippen molar-refractivity contribution in [1.82, 2.24) is 19.7 Å². The lowest BCUT2D eigenvalue weighted by Gasteiger charge is -2.17. The van der Waals surface area contributed by atoms with Gasteiger partial charge in [-0.1, -0.05) is 12.1 Å². The lowest BCUT2D eigenvalue weighted by atomic mass is 10.0. The number of rotatable bonds is 7. The topological polar surface area (TPSA) is 72.3 Å². The normalized spacial score (nSPS) is 17.1. The van der Waals surface area contributed by atoms with Gasteiger partial charge in [-0.25, -0.2) is 4.98 Å². The van der Waals surface area contributed by atoms with Gasteiger partial charge in [-0.15, -0.1) is 0 Å². The number of hydrogen-bond donors (Lipinski definition) is 1. The largest absolute Gasteiger partial charge is 0.377 e. The van der Waals surface area contributed by atoms with Gasteiger partial charge < -0.3 is 15.0 Å². The van der Waals surface area contributed by atoms with E-state index < -0.39 is 0 Å². The van der Waals surface area contributed by atoms with Crippen molar-refractivity contribution in [3.8, 4) is 11.1 Å². The van der Waals surface area contributed by atoms with Gasteiger partial charge in [-0.2, -0.15) is 5.10 Å². The van der Waals surface area contributed by atoms with Crippen molar-refractivity contribution in [2.75, 3.05) is 31.6 Å². The van der Waals surface area contributed by atoms with Gasteiger partial charge in [-0.3, -0.25) is 9.48 Å². The fourth-order valence-corrected chi connectivity index (χ4v) is 3.85. The van der Waals surface area contributed by atoms with Gasteiger partial charge in [0.15, 0.2) is 0 Å². The van der Waals surface area contributed by atoms with E-state index in [0.29, 0.717) is 12.4 Å². The minimum atomic E-state index is -0.0109. The first-order chi connectivity index (χ1) is 14.5. The summed E-state index contributed by atoms with van der Waals surface area (Å²) in [5.74, 6) is 0.623. The number of hydrogen-bond acceptors (Lipinski definition) is 5. The Kier molecular flexibility index (Phi) is 6.11. The standard InChI is InChI=1S/C23H29N5O2/c1-16(2)30-9-8-28-7-6-19(15-28)23(29)26-22-11-20-10-17(4-5-18(20)12-24-22)21-13-25-27(3)14-21/h4-5,10-14,16,19H,6-9,15H2,1-3H3,(H,24,26,29). The van der Waals surface area contributed by atoms with Crippen molar-refractivity contribution in [3.63, 3.8) is 0 Å². The van der Waals surface area contributed by atoms with Crippen LogP contribution in [0.1, 0.15) is 20.3 Å². The second-order valence-electron chi connectivity index (χ2n) is 8.23. The van der Waals surface area contributed by atoms with Crippen molar-refractivity contribution < 1.29 is 9.53 Å². The maximum absolute atomic E-state index is 12.7. The summed E-state index contributed by atoms with van der Waals surface area (Å²) in [6.07, 6.45) is 6.75. The van der Waals surface area contributed by atoms with E-state index in [2.05, 4.69) is 32.4 Å². The summed E-state index contributed by atoms with van der Waals surface area (Å²) >= 11 is 0. The molecule has 0 aliphatic carbocycles. The van der Waals surface area contributed by atoms with Crippen LogP contribution in [0.15, 0.2) is 42.9 Å². The summed E-state index contributed by atoms with van der Waals surface area (Å²) in [5, 5.41) is 9.33. The Morgan fingerprint density at radius 2 is 2.10 bits per heavy atom. The smallest absolute Gasteiger partial charge is 0.229 e. The Hall–Kier alpha value is -2.77. The van der Waals surface area contributed by atoms with Crippen LogP contribution in [0.3, 0.4) is 0 Å². The molecule has 1 aromatic carbocycles. The summed E-state index contributed by atoms with van der Waals surface area (Å²) in [5.41, 5.74) is 2.16. The van der Waals surface area contributed by atoms with Crippen LogP contribution in [-0.4, -0.2) is 57.9 Å². The van der Waals surface area contributed by atoms with Crippen LogP contribution in [0.2, 0.25) is 0 Å². The predicted octanol–water partition coefficient (Wildman–Crippen LogP) is 3.32. The van der Waals surface area contributed by atoms with Crippen LogP contribution in [0, 0.1) is 5.92 Å². The molecule has 0 spiro atoms. The molecule has 1 saturated heterocycles. The Labute approximate surface area is 177 Å². The van der Waals surface area contributed by atoms with E-state index in [0.717, 1.165) is 48.0 Å². The summed E-state index contributed by atoms with van der Waals surface area (Å²) < 4.78 is 7.41. The molecule has 3 heterocycles. The van der Waals surface area contributed by atoms with Crippen molar-refractivity contribution in [1.29, 1.82) is 0 Å². The molecule has 1 aliphatic heterocycles. The first-order valence-corrected chi connectivity index (χ1v) is 10.5. The Morgan fingerprint density at radius 1 is 1.23 bits per heavy atom. The maximum Gasteiger partial charge on any atom is 0.229 e. The molecule has 7 nitrogen and oxygen atoms in total. The molecule has 2 aromatic heterocycles. The third-order valence-electron chi connectivity index (χ3n) is 5.51. The summed E-state index contributed by atoms with van der Waals surface area (Å²) in [7, 11) is 1.91. The average molecular weight is 408 g/mol. The summed E-state index contributed by atoms with van der Waals surface area (Å²) in [4.78, 5) is 19.5. The van der Waals surface area contributed by atoms with Gasteiger partial charge in [0.1, 0.15) is 5.82 Å². The lowest BCUT2D eigenvalue weighted by molar-refractivity contribution is -0.119. The highest BCUT2D eigenvalue weighted by atomic mass is 16.5. The molecule has 4 rings (SSSR count). The molecule has 1 N–H and O–H groups in total. The fraction of sp³-hybridized carbons (Fsp3) is 0.435. The van der Waals surface area contributed by atoms with Gasteiger partial charge in [0, 0.05) is 43.5 Å². The van der Waals surface area contributed by atoms with Gasteiger partial charge in [0.25, 0.3) is 0 Å².